The Kier molecular flexibility index (Phi) is 8.66. The molecular weight excluding hydrogens is 559 g/mol. The number of aliphatic imine (C=N–C) groups is 1. The number of anilines is 1. The number of methoxy groups -OCH3 is 1. The van der Waals surface area contributed by atoms with Gasteiger partial charge in [-0.15, -0.1) is 0 Å². The summed E-state index contributed by atoms with van der Waals surface area (Å²) in [4.78, 5) is 27.9. The zero-order valence-electron chi connectivity index (χ0n) is 26.3. The van der Waals surface area contributed by atoms with Gasteiger partial charge in [-0.1, -0.05) is 26.8 Å². The molecule has 2 heterocycles. The van der Waals surface area contributed by atoms with Gasteiger partial charge in [-0.2, -0.15) is 0 Å². The number of hydrogen-bond acceptors (Lipinski definition) is 6. The Balaban J connectivity index is 1.21. The lowest BCUT2D eigenvalue weighted by Crippen LogP contribution is -2.57. The quantitative estimate of drug-likeness (QED) is 0.294. The number of aliphatic hydroxyl groups is 1. The van der Waals surface area contributed by atoms with Crippen molar-refractivity contribution >= 4 is 22.5 Å². The third-order valence-electron chi connectivity index (χ3n) is 10.7. The third kappa shape index (κ3) is 5.94. The molecule has 0 spiro atoms. The van der Waals surface area contributed by atoms with Gasteiger partial charge in [-0.3, -0.25) is 14.3 Å². The molecule has 3 aromatic rings. The highest BCUT2D eigenvalue weighted by atomic mass is 19.1. The summed E-state index contributed by atoms with van der Waals surface area (Å²) >= 11 is 0. The SMILES string of the molecule is COc1ccc(CCn2cnc3cc(NC(=NC4CC5CC(C4C)C5(C)C)N4CCN(CCO)CC4)ccc3c2=O)c(F)c1. The van der Waals surface area contributed by atoms with Crippen molar-refractivity contribution in [2.45, 2.75) is 52.6 Å². The van der Waals surface area contributed by atoms with Crippen LogP contribution in [0, 0.1) is 29.0 Å². The normalized spacial score (nSPS) is 25.1. The predicted molar refractivity (Wildman–Crippen MR) is 172 cm³/mol. The number of halogens is 1. The molecule has 7 rings (SSSR count). The monoisotopic (exact) mass is 604 g/mol. The van der Waals surface area contributed by atoms with Crippen LogP contribution in [0.25, 0.3) is 10.9 Å². The molecule has 0 amide bonds. The average Bonchev–Trinajstić information content (AvgIpc) is 3.02. The summed E-state index contributed by atoms with van der Waals surface area (Å²) in [6.45, 7) is 11.8. The smallest absolute Gasteiger partial charge is 0.261 e. The molecule has 4 unspecified atom stereocenters. The Hall–Kier alpha value is -3.50. The van der Waals surface area contributed by atoms with E-state index in [0.29, 0.717) is 64.9 Å². The molecule has 10 heteroatoms. The summed E-state index contributed by atoms with van der Waals surface area (Å²) in [7, 11) is 1.50. The lowest BCUT2D eigenvalue weighted by molar-refractivity contribution is -0.108. The molecule has 3 saturated carbocycles. The second kappa shape index (κ2) is 12.5. The third-order valence-corrected chi connectivity index (χ3v) is 10.7. The van der Waals surface area contributed by atoms with Crippen LogP contribution in [-0.2, 0) is 13.0 Å². The van der Waals surface area contributed by atoms with Crippen LogP contribution in [0.15, 0.2) is 52.5 Å². The van der Waals surface area contributed by atoms with Crippen molar-refractivity contribution in [1.29, 1.82) is 0 Å². The number of benzene rings is 2. The molecule has 2 bridgehead atoms. The van der Waals surface area contributed by atoms with Gasteiger partial charge in [0.05, 0.1) is 37.0 Å². The Morgan fingerprint density at radius 3 is 2.61 bits per heavy atom. The number of guanidine groups is 1. The summed E-state index contributed by atoms with van der Waals surface area (Å²) in [5.74, 6) is 2.92. The van der Waals surface area contributed by atoms with E-state index in [1.165, 1.54) is 24.2 Å². The van der Waals surface area contributed by atoms with E-state index in [2.05, 4.69) is 40.9 Å². The van der Waals surface area contributed by atoms with Crippen molar-refractivity contribution in [2.75, 3.05) is 51.8 Å². The zero-order valence-corrected chi connectivity index (χ0v) is 26.3. The fourth-order valence-electron chi connectivity index (χ4n) is 7.59. The number of aryl methyl sites for hydroxylation is 2. The summed E-state index contributed by atoms with van der Waals surface area (Å²) < 4.78 is 21.1. The highest BCUT2D eigenvalue weighted by Crippen LogP contribution is 2.61. The average molecular weight is 605 g/mol. The zero-order chi connectivity index (χ0) is 31.0. The second-order valence-corrected chi connectivity index (χ2v) is 13.3. The fraction of sp³-hybridized carbons (Fsp3) is 0.559. The molecule has 4 aliphatic rings. The van der Waals surface area contributed by atoms with E-state index in [9.17, 15) is 14.3 Å². The van der Waals surface area contributed by atoms with Crippen molar-refractivity contribution in [1.82, 2.24) is 19.4 Å². The minimum Gasteiger partial charge on any atom is -0.497 e. The first-order valence-electron chi connectivity index (χ1n) is 15.9. The van der Waals surface area contributed by atoms with E-state index in [1.807, 2.05) is 18.2 Å². The van der Waals surface area contributed by atoms with Crippen LogP contribution < -0.4 is 15.6 Å². The molecule has 1 aliphatic heterocycles. The lowest BCUT2D eigenvalue weighted by atomic mass is 9.45. The van der Waals surface area contributed by atoms with Gasteiger partial charge in [-0.05, 0) is 72.3 Å². The maximum Gasteiger partial charge on any atom is 0.261 e. The minimum atomic E-state index is -0.350. The van der Waals surface area contributed by atoms with E-state index in [4.69, 9.17) is 9.73 Å². The molecule has 0 radical (unpaired) electrons. The molecule has 4 fully saturated rings. The Labute approximate surface area is 258 Å². The van der Waals surface area contributed by atoms with Crippen LogP contribution in [0.5, 0.6) is 5.75 Å². The second-order valence-electron chi connectivity index (χ2n) is 13.3. The van der Waals surface area contributed by atoms with E-state index >= 15 is 0 Å². The molecule has 236 valence electrons. The van der Waals surface area contributed by atoms with Crippen LogP contribution in [0.4, 0.5) is 10.1 Å². The van der Waals surface area contributed by atoms with Gasteiger partial charge in [0, 0.05) is 51.0 Å². The largest absolute Gasteiger partial charge is 0.497 e. The molecule has 1 aromatic heterocycles. The van der Waals surface area contributed by atoms with Crippen molar-refractivity contribution < 1.29 is 14.2 Å². The standard InChI is InChI=1S/C34H45FN6O3/c1-22-28-17-24(34(28,2)3)18-30(22)38-33(40-13-11-39(12-14-40)15-16-42)37-25-6-8-27-31(19-25)36-21-41(32(27)43)10-9-23-5-7-26(44-4)20-29(23)35/h5-8,19-22,24,28,30,42H,9-18H2,1-4H3,(H,37,38). The molecule has 3 aliphatic carbocycles. The molecule has 9 nitrogen and oxygen atoms in total. The fourth-order valence-corrected chi connectivity index (χ4v) is 7.59. The molecule has 4 atom stereocenters. The van der Waals surface area contributed by atoms with Crippen molar-refractivity contribution in [3.8, 4) is 5.75 Å². The van der Waals surface area contributed by atoms with Crippen LogP contribution >= 0.6 is 0 Å². The van der Waals surface area contributed by atoms with Crippen LogP contribution in [0.2, 0.25) is 0 Å². The van der Waals surface area contributed by atoms with Gasteiger partial charge in [0.25, 0.3) is 5.56 Å². The number of β-amino-alcohol motifs (C(OH)–C–C–N with tert-alkyl or cyclic N) is 1. The van der Waals surface area contributed by atoms with E-state index in [1.54, 1.807) is 18.5 Å². The van der Waals surface area contributed by atoms with Crippen LogP contribution in [0.1, 0.15) is 39.2 Å². The number of aromatic nitrogens is 2. The first-order chi connectivity index (χ1) is 21.2. The highest BCUT2D eigenvalue weighted by molar-refractivity contribution is 5.96. The van der Waals surface area contributed by atoms with Gasteiger partial charge in [0.1, 0.15) is 11.6 Å². The lowest BCUT2D eigenvalue weighted by Gasteiger charge is -2.61. The van der Waals surface area contributed by atoms with Crippen LogP contribution in [0.3, 0.4) is 0 Å². The summed E-state index contributed by atoms with van der Waals surface area (Å²) in [5, 5.41) is 13.5. The molecule has 2 aromatic carbocycles. The molecule has 1 saturated heterocycles. The maximum atomic E-state index is 14.4. The first kappa shape index (κ1) is 30.5. The summed E-state index contributed by atoms with van der Waals surface area (Å²) in [6.07, 6.45) is 4.33. The van der Waals surface area contributed by atoms with Crippen molar-refractivity contribution in [3.63, 3.8) is 0 Å². The van der Waals surface area contributed by atoms with Gasteiger partial charge in [0.2, 0.25) is 0 Å². The number of piperazine rings is 1. The van der Waals surface area contributed by atoms with E-state index < -0.39 is 0 Å². The number of rotatable bonds is 8. The molecule has 2 N–H and O–H groups in total. The van der Waals surface area contributed by atoms with Gasteiger partial charge in [0.15, 0.2) is 5.96 Å². The highest BCUT2D eigenvalue weighted by Gasteiger charge is 2.56. The summed E-state index contributed by atoms with van der Waals surface area (Å²) in [6, 6.07) is 10.7. The number of fused-ring (bicyclic) bond motifs is 3. The van der Waals surface area contributed by atoms with Crippen molar-refractivity contribution in [3.05, 3.63) is 64.5 Å². The number of hydrogen-bond donors (Lipinski definition) is 2. The van der Waals surface area contributed by atoms with E-state index in [-0.39, 0.29) is 24.0 Å². The van der Waals surface area contributed by atoms with Crippen LogP contribution in [-0.4, -0.2) is 82.9 Å². The summed E-state index contributed by atoms with van der Waals surface area (Å²) in [5.41, 5.74) is 2.21. The van der Waals surface area contributed by atoms with Gasteiger partial charge >= 0.3 is 0 Å². The Morgan fingerprint density at radius 1 is 1.14 bits per heavy atom. The molecular formula is C34H45FN6O3. The van der Waals surface area contributed by atoms with Crippen molar-refractivity contribution in [2.24, 2.45) is 28.2 Å². The number of aliphatic hydroxyl groups excluding tert-OH is 1. The number of nitrogens with one attached hydrogen (secondary N) is 1. The predicted octanol–water partition coefficient (Wildman–Crippen LogP) is 4.24. The van der Waals surface area contributed by atoms with Gasteiger partial charge in [-0.25, -0.2) is 14.4 Å². The minimum absolute atomic E-state index is 0.151. The maximum absolute atomic E-state index is 14.4. The first-order valence-corrected chi connectivity index (χ1v) is 15.9. The van der Waals surface area contributed by atoms with Gasteiger partial charge < -0.3 is 20.1 Å². The molecule has 44 heavy (non-hydrogen) atoms. The number of nitrogens with zero attached hydrogens (tertiary/aromatic N) is 5. The Bertz CT molecular complexity index is 1580. The van der Waals surface area contributed by atoms with E-state index in [0.717, 1.165) is 44.2 Å². The topological polar surface area (TPSA) is 95.2 Å². The number of ether oxygens (including phenoxy) is 1. The Morgan fingerprint density at radius 2 is 1.93 bits per heavy atom.